The van der Waals surface area contributed by atoms with Crippen LogP contribution in [0.4, 0.5) is 0 Å². The lowest BCUT2D eigenvalue weighted by Crippen LogP contribution is -2.48. The molecule has 2 fully saturated rings. The fraction of sp³-hybridized carbons (Fsp3) is 0.609. The summed E-state index contributed by atoms with van der Waals surface area (Å²) in [6.45, 7) is 2.09. The number of aliphatic imine (C=N–C) groups is 1. The molecular formula is C23H30N2O4. The van der Waals surface area contributed by atoms with Crippen molar-refractivity contribution >= 4 is 17.6 Å². The molecule has 1 aromatic carbocycles. The molecule has 4 rings (SSSR count). The number of hydrogen-bond acceptors (Lipinski definition) is 4. The molecule has 0 radical (unpaired) electrons. The minimum Gasteiger partial charge on any atom is -0.497 e. The van der Waals surface area contributed by atoms with Gasteiger partial charge in [-0.05, 0) is 61.6 Å². The summed E-state index contributed by atoms with van der Waals surface area (Å²) in [5.41, 5.74) is 3.42. The topological polar surface area (TPSA) is 79.2 Å². The predicted molar refractivity (Wildman–Crippen MR) is 110 cm³/mol. The summed E-state index contributed by atoms with van der Waals surface area (Å²) in [7, 11) is 1.66. The quantitative estimate of drug-likeness (QED) is 0.798. The van der Waals surface area contributed by atoms with Gasteiger partial charge >= 0.3 is 5.97 Å². The van der Waals surface area contributed by atoms with Crippen molar-refractivity contribution in [3.63, 3.8) is 0 Å². The lowest BCUT2D eigenvalue weighted by atomic mass is 9.77. The summed E-state index contributed by atoms with van der Waals surface area (Å²) in [6, 6.07) is 6.12. The van der Waals surface area contributed by atoms with Crippen LogP contribution in [0.3, 0.4) is 0 Å². The van der Waals surface area contributed by atoms with Crippen molar-refractivity contribution in [2.24, 2.45) is 22.7 Å². The van der Waals surface area contributed by atoms with E-state index in [1.807, 2.05) is 17.0 Å². The monoisotopic (exact) mass is 398 g/mol. The summed E-state index contributed by atoms with van der Waals surface area (Å²) in [5, 5.41) is 9.40. The number of nitrogens with zero attached hydrogens (tertiary/aromatic N) is 2. The van der Waals surface area contributed by atoms with E-state index in [2.05, 4.69) is 6.07 Å². The van der Waals surface area contributed by atoms with Crippen molar-refractivity contribution in [1.29, 1.82) is 0 Å². The average Bonchev–Trinajstić information content (AvgIpc) is 2.67. The number of ether oxygens (including phenoxy) is 1. The molecule has 1 aliphatic carbocycles. The Balaban J connectivity index is 1.54. The molecule has 0 aromatic heterocycles. The van der Waals surface area contributed by atoms with E-state index >= 15 is 0 Å². The van der Waals surface area contributed by atoms with E-state index in [4.69, 9.17) is 9.73 Å². The predicted octanol–water partition coefficient (Wildman–Crippen LogP) is 3.17. The van der Waals surface area contributed by atoms with Gasteiger partial charge in [-0.15, -0.1) is 0 Å². The Morgan fingerprint density at radius 2 is 2.07 bits per heavy atom. The third-order valence-corrected chi connectivity index (χ3v) is 6.86. The molecule has 1 N–H and O–H groups in total. The van der Waals surface area contributed by atoms with Crippen LogP contribution in [0.1, 0.15) is 49.7 Å². The maximum atomic E-state index is 12.8. The third-order valence-electron chi connectivity index (χ3n) is 6.86. The van der Waals surface area contributed by atoms with E-state index < -0.39 is 5.97 Å². The first-order chi connectivity index (χ1) is 14.0. The number of likely N-dealkylation sites (tertiary alicyclic amines) is 1. The normalized spacial score (nSPS) is 24.3. The molecule has 2 unspecified atom stereocenters. The number of carboxylic acid groups (broad SMARTS) is 1. The Labute approximate surface area is 172 Å². The number of carbonyl (C=O) groups is 2. The molecule has 156 valence electrons. The maximum absolute atomic E-state index is 12.8. The standard InChI is InChI=1S/C23H30N2O4/c1-29-19-6-5-15-7-9-24-21(20(15)13-19)11-18-14-25(23(28)16-3-2-4-16)10-8-17(18)12-22(26)27/h5-6,13,16-18H,2-4,7-12,14H2,1H3,(H,26,27). The average molecular weight is 399 g/mol. The first-order valence-corrected chi connectivity index (χ1v) is 10.8. The van der Waals surface area contributed by atoms with Gasteiger partial charge in [0.25, 0.3) is 0 Å². The van der Waals surface area contributed by atoms with Crippen molar-refractivity contribution in [1.82, 2.24) is 4.90 Å². The van der Waals surface area contributed by atoms with Gasteiger partial charge in [0.2, 0.25) is 5.91 Å². The van der Waals surface area contributed by atoms with Crippen LogP contribution in [0.5, 0.6) is 5.75 Å². The molecule has 2 heterocycles. The number of methoxy groups -OCH3 is 1. The fourth-order valence-corrected chi connectivity index (χ4v) is 4.91. The van der Waals surface area contributed by atoms with Crippen LogP contribution >= 0.6 is 0 Å². The number of fused-ring (bicyclic) bond motifs is 1. The number of aliphatic carboxylic acids is 1. The summed E-state index contributed by atoms with van der Waals surface area (Å²) in [4.78, 5) is 31.0. The van der Waals surface area contributed by atoms with Crippen LogP contribution < -0.4 is 4.74 Å². The Kier molecular flexibility index (Phi) is 5.88. The number of carbonyl (C=O) groups excluding carboxylic acids is 1. The Bertz CT molecular complexity index is 815. The molecule has 0 bridgehead atoms. The van der Waals surface area contributed by atoms with Gasteiger partial charge in [-0.2, -0.15) is 0 Å². The van der Waals surface area contributed by atoms with Gasteiger partial charge in [-0.1, -0.05) is 12.5 Å². The molecule has 1 amide bonds. The number of carboxylic acids is 1. The summed E-state index contributed by atoms with van der Waals surface area (Å²) >= 11 is 0. The molecule has 1 aromatic rings. The maximum Gasteiger partial charge on any atom is 0.303 e. The first-order valence-electron chi connectivity index (χ1n) is 10.8. The Hall–Kier alpha value is -2.37. The molecule has 29 heavy (non-hydrogen) atoms. The summed E-state index contributed by atoms with van der Waals surface area (Å²) in [5.74, 6) is 0.708. The highest BCUT2D eigenvalue weighted by atomic mass is 16.5. The second-order valence-electron chi connectivity index (χ2n) is 8.62. The van der Waals surface area contributed by atoms with Crippen molar-refractivity contribution in [3.05, 3.63) is 29.3 Å². The highest BCUT2D eigenvalue weighted by molar-refractivity contribution is 6.03. The van der Waals surface area contributed by atoms with Gasteiger partial charge in [-0.25, -0.2) is 0 Å². The first kappa shape index (κ1) is 19.9. The van der Waals surface area contributed by atoms with Crippen LogP contribution in [0, 0.1) is 17.8 Å². The van der Waals surface area contributed by atoms with E-state index in [0.29, 0.717) is 19.5 Å². The molecule has 6 heteroatoms. The highest BCUT2D eigenvalue weighted by Crippen LogP contribution is 2.35. The molecule has 6 nitrogen and oxygen atoms in total. The van der Waals surface area contributed by atoms with Crippen molar-refractivity contribution in [2.45, 2.75) is 44.9 Å². The SMILES string of the molecule is COc1ccc2c(c1)C(CC1CN(C(=O)C3CCC3)CCC1CC(=O)O)=NCC2. The van der Waals surface area contributed by atoms with Crippen LogP contribution in [-0.4, -0.2) is 54.3 Å². The molecule has 2 atom stereocenters. The van der Waals surface area contributed by atoms with E-state index in [1.165, 1.54) is 5.56 Å². The van der Waals surface area contributed by atoms with Gasteiger partial charge in [0.05, 0.1) is 7.11 Å². The lowest BCUT2D eigenvalue weighted by Gasteiger charge is -2.41. The smallest absolute Gasteiger partial charge is 0.303 e. The van der Waals surface area contributed by atoms with Crippen molar-refractivity contribution < 1.29 is 19.4 Å². The number of amides is 1. The summed E-state index contributed by atoms with van der Waals surface area (Å²) < 4.78 is 5.40. The number of benzene rings is 1. The van der Waals surface area contributed by atoms with Gasteiger partial charge < -0.3 is 14.7 Å². The molecule has 0 spiro atoms. The van der Waals surface area contributed by atoms with E-state index in [9.17, 15) is 14.7 Å². The highest BCUT2D eigenvalue weighted by Gasteiger charge is 2.37. The molecule has 1 saturated heterocycles. The van der Waals surface area contributed by atoms with Crippen LogP contribution in [-0.2, 0) is 16.0 Å². The second kappa shape index (κ2) is 8.56. The van der Waals surface area contributed by atoms with E-state index in [1.54, 1.807) is 7.11 Å². The molecule has 1 saturated carbocycles. The van der Waals surface area contributed by atoms with Crippen LogP contribution in [0.25, 0.3) is 0 Å². The van der Waals surface area contributed by atoms with Crippen molar-refractivity contribution in [3.8, 4) is 5.75 Å². The summed E-state index contributed by atoms with van der Waals surface area (Å²) in [6.07, 6.45) is 5.69. The van der Waals surface area contributed by atoms with Gasteiger partial charge in [0, 0.05) is 43.2 Å². The Morgan fingerprint density at radius 3 is 2.76 bits per heavy atom. The van der Waals surface area contributed by atoms with E-state index in [0.717, 1.165) is 55.7 Å². The minimum atomic E-state index is -0.758. The number of rotatable bonds is 6. The van der Waals surface area contributed by atoms with Gasteiger partial charge in [0.1, 0.15) is 5.75 Å². The largest absolute Gasteiger partial charge is 0.497 e. The molecule has 2 aliphatic heterocycles. The lowest BCUT2D eigenvalue weighted by molar-refractivity contribution is -0.142. The van der Waals surface area contributed by atoms with Crippen molar-refractivity contribution in [2.75, 3.05) is 26.7 Å². The zero-order valence-corrected chi connectivity index (χ0v) is 17.1. The van der Waals surface area contributed by atoms with Gasteiger partial charge in [-0.3, -0.25) is 14.6 Å². The zero-order valence-electron chi connectivity index (χ0n) is 17.1. The van der Waals surface area contributed by atoms with E-state index in [-0.39, 0.29) is 30.1 Å². The van der Waals surface area contributed by atoms with Crippen LogP contribution in [0.15, 0.2) is 23.2 Å². The third kappa shape index (κ3) is 4.31. The van der Waals surface area contributed by atoms with Crippen LogP contribution in [0.2, 0.25) is 0 Å². The number of piperidine rings is 1. The number of hydrogen-bond donors (Lipinski definition) is 1. The molecule has 3 aliphatic rings. The zero-order chi connectivity index (χ0) is 20.4. The Morgan fingerprint density at radius 1 is 1.24 bits per heavy atom. The van der Waals surface area contributed by atoms with Gasteiger partial charge in [0.15, 0.2) is 0 Å². The molecular weight excluding hydrogens is 368 g/mol. The second-order valence-corrected chi connectivity index (χ2v) is 8.62. The minimum absolute atomic E-state index is 0.0802. The fourth-order valence-electron chi connectivity index (χ4n) is 4.91.